The minimum Gasteiger partial charge on any atom is -0.284 e. The van der Waals surface area contributed by atoms with E-state index in [-0.39, 0.29) is 11.5 Å². The van der Waals surface area contributed by atoms with Gasteiger partial charge < -0.3 is 0 Å². The first-order chi connectivity index (χ1) is 9.79. The number of nitrogens with zero attached hydrogens (tertiary/aromatic N) is 1. The maximum absolute atomic E-state index is 12.1. The highest BCUT2D eigenvalue weighted by atomic mass is 32.2. The smallest absolute Gasteiger partial charge is 0.234 e. The molecule has 0 saturated heterocycles. The molecule has 8 heteroatoms. The van der Waals surface area contributed by atoms with E-state index in [4.69, 9.17) is 0 Å². The monoisotopic (exact) mass is 332 g/mol. The molecule has 1 aromatic carbocycles. The van der Waals surface area contributed by atoms with Gasteiger partial charge in [0.05, 0.1) is 17.2 Å². The molecule has 1 aliphatic rings. The lowest BCUT2D eigenvalue weighted by atomic mass is 10.0. The van der Waals surface area contributed by atoms with Gasteiger partial charge in [-0.05, 0) is 50.5 Å². The lowest BCUT2D eigenvalue weighted by Gasteiger charge is -2.30. The van der Waals surface area contributed by atoms with Crippen LogP contribution in [0.3, 0.4) is 0 Å². The minimum absolute atomic E-state index is 0.000420. The van der Waals surface area contributed by atoms with Gasteiger partial charge in [0, 0.05) is 12.2 Å². The highest BCUT2D eigenvalue weighted by Crippen LogP contribution is 2.32. The second-order valence-corrected chi connectivity index (χ2v) is 9.12. The van der Waals surface area contributed by atoms with Gasteiger partial charge in [-0.1, -0.05) is 0 Å². The fourth-order valence-corrected chi connectivity index (χ4v) is 4.15. The Morgan fingerprint density at radius 1 is 1.14 bits per heavy atom. The van der Waals surface area contributed by atoms with Crippen molar-refractivity contribution in [3.63, 3.8) is 0 Å². The molecule has 0 saturated carbocycles. The summed E-state index contributed by atoms with van der Waals surface area (Å²) in [7, 11) is -6.62. The van der Waals surface area contributed by atoms with Crippen molar-refractivity contribution in [2.45, 2.75) is 26.7 Å². The minimum atomic E-state index is -3.33. The van der Waals surface area contributed by atoms with Crippen molar-refractivity contribution in [3.8, 4) is 0 Å². The molecule has 1 heterocycles. The second-order valence-electron chi connectivity index (χ2n) is 4.93. The predicted octanol–water partition coefficient (Wildman–Crippen LogP) is 1.55. The molecule has 2 rings (SSSR count). The summed E-state index contributed by atoms with van der Waals surface area (Å²) >= 11 is 0. The van der Waals surface area contributed by atoms with Gasteiger partial charge in [-0.3, -0.25) is 9.03 Å². The zero-order valence-corrected chi connectivity index (χ0v) is 13.8. The van der Waals surface area contributed by atoms with Gasteiger partial charge in [0.1, 0.15) is 0 Å². The number of aryl methyl sites for hydroxylation is 1. The second kappa shape index (κ2) is 5.84. The van der Waals surface area contributed by atoms with E-state index in [0.717, 1.165) is 18.4 Å². The molecular weight excluding hydrogens is 312 g/mol. The number of nitrogens with one attached hydrogen (secondary N) is 1. The molecule has 0 aromatic heterocycles. The van der Waals surface area contributed by atoms with Gasteiger partial charge in [-0.25, -0.2) is 16.8 Å². The van der Waals surface area contributed by atoms with Crippen LogP contribution in [0.15, 0.2) is 18.2 Å². The van der Waals surface area contributed by atoms with Crippen LogP contribution < -0.4 is 9.03 Å². The molecule has 0 atom stereocenters. The summed E-state index contributed by atoms with van der Waals surface area (Å²) < 4.78 is 51.3. The van der Waals surface area contributed by atoms with Crippen LogP contribution in [0.5, 0.6) is 0 Å². The van der Waals surface area contributed by atoms with Gasteiger partial charge in [0.15, 0.2) is 0 Å². The van der Waals surface area contributed by atoms with E-state index < -0.39 is 20.0 Å². The number of rotatable bonds is 5. The van der Waals surface area contributed by atoms with Crippen molar-refractivity contribution in [1.82, 2.24) is 0 Å². The van der Waals surface area contributed by atoms with Crippen molar-refractivity contribution in [2.24, 2.45) is 0 Å². The molecule has 0 aliphatic carbocycles. The van der Waals surface area contributed by atoms with Crippen LogP contribution in [-0.4, -0.2) is 34.9 Å². The van der Waals surface area contributed by atoms with Crippen LogP contribution in [0.25, 0.3) is 0 Å². The normalized spacial score (nSPS) is 15.6. The maximum Gasteiger partial charge on any atom is 0.234 e. The summed E-state index contributed by atoms with van der Waals surface area (Å²) in [4.78, 5) is 0. The van der Waals surface area contributed by atoms with Crippen LogP contribution >= 0.6 is 0 Å². The van der Waals surface area contributed by atoms with E-state index in [1.807, 2.05) is 0 Å². The molecule has 1 aromatic rings. The number of hydrogen-bond donors (Lipinski definition) is 1. The Kier molecular flexibility index (Phi) is 4.48. The van der Waals surface area contributed by atoms with Crippen molar-refractivity contribution in [3.05, 3.63) is 23.8 Å². The topological polar surface area (TPSA) is 83.6 Å². The molecule has 0 spiro atoms. The third kappa shape index (κ3) is 3.49. The summed E-state index contributed by atoms with van der Waals surface area (Å²) in [5, 5.41) is 0. The molecule has 6 nitrogen and oxygen atoms in total. The van der Waals surface area contributed by atoms with Gasteiger partial charge in [0.25, 0.3) is 0 Å². The van der Waals surface area contributed by atoms with E-state index in [0.29, 0.717) is 17.9 Å². The molecular formula is C13H20N2O4S2. The van der Waals surface area contributed by atoms with E-state index in [1.165, 1.54) is 4.31 Å². The SMILES string of the molecule is CCS(=O)(=O)Nc1ccc2c(c1)CCCN2S(=O)(=O)CC. The molecule has 1 N–H and O–H groups in total. The highest BCUT2D eigenvalue weighted by molar-refractivity contribution is 7.93. The van der Waals surface area contributed by atoms with Crippen LogP contribution in [0.2, 0.25) is 0 Å². The first-order valence-corrected chi connectivity index (χ1v) is 10.2. The summed E-state index contributed by atoms with van der Waals surface area (Å²) in [6, 6.07) is 5.00. The zero-order chi connectivity index (χ0) is 15.7. The summed E-state index contributed by atoms with van der Waals surface area (Å²) in [6.45, 7) is 3.66. The molecule has 0 amide bonds. The first kappa shape index (κ1) is 16.1. The average Bonchev–Trinajstić information content (AvgIpc) is 2.46. The van der Waals surface area contributed by atoms with Gasteiger partial charge in [0.2, 0.25) is 20.0 Å². The lowest BCUT2D eigenvalue weighted by molar-refractivity contribution is 0.587. The number of benzene rings is 1. The van der Waals surface area contributed by atoms with Crippen molar-refractivity contribution >= 4 is 31.4 Å². The molecule has 0 bridgehead atoms. The Balaban J connectivity index is 2.38. The summed E-state index contributed by atoms with van der Waals surface area (Å²) in [5.74, 6) is 0.0527. The number of hydrogen-bond acceptors (Lipinski definition) is 4. The Bertz CT molecular complexity index is 727. The Morgan fingerprint density at radius 2 is 1.86 bits per heavy atom. The van der Waals surface area contributed by atoms with E-state index >= 15 is 0 Å². The summed E-state index contributed by atoms with van der Waals surface area (Å²) in [5.41, 5.74) is 1.99. The van der Waals surface area contributed by atoms with Crippen molar-refractivity contribution in [1.29, 1.82) is 0 Å². The highest BCUT2D eigenvalue weighted by Gasteiger charge is 2.26. The third-order valence-corrected chi connectivity index (χ3v) is 6.60. The van der Waals surface area contributed by atoms with E-state index in [9.17, 15) is 16.8 Å². The Labute approximate surface area is 126 Å². The third-order valence-electron chi connectivity index (χ3n) is 3.51. The van der Waals surface area contributed by atoms with Gasteiger partial charge in [-0.15, -0.1) is 0 Å². The van der Waals surface area contributed by atoms with Gasteiger partial charge in [-0.2, -0.15) is 0 Å². The van der Waals surface area contributed by atoms with Crippen LogP contribution in [-0.2, 0) is 26.5 Å². The van der Waals surface area contributed by atoms with Crippen molar-refractivity contribution in [2.75, 3.05) is 27.1 Å². The van der Waals surface area contributed by atoms with E-state index in [2.05, 4.69) is 4.72 Å². The Hall–Kier alpha value is -1.28. The maximum atomic E-state index is 12.1. The molecule has 21 heavy (non-hydrogen) atoms. The van der Waals surface area contributed by atoms with E-state index in [1.54, 1.807) is 32.0 Å². The zero-order valence-electron chi connectivity index (χ0n) is 12.2. The average molecular weight is 332 g/mol. The number of sulfonamides is 2. The van der Waals surface area contributed by atoms with Crippen molar-refractivity contribution < 1.29 is 16.8 Å². The standard InChI is InChI=1S/C13H20N2O4S2/c1-3-20(16,17)14-12-7-8-13-11(10-12)6-5-9-15(13)21(18,19)4-2/h7-8,10,14H,3-6,9H2,1-2H3. The fraction of sp³-hybridized carbons (Fsp3) is 0.538. The van der Waals surface area contributed by atoms with Crippen LogP contribution in [0.4, 0.5) is 11.4 Å². The quantitative estimate of drug-likeness (QED) is 0.887. The summed E-state index contributed by atoms with van der Waals surface area (Å²) in [6.07, 6.45) is 1.48. The fourth-order valence-electron chi connectivity index (χ4n) is 2.32. The number of anilines is 2. The molecule has 0 radical (unpaired) electrons. The first-order valence-electron chi connectivity index (χ1n) is 6.93. The van der Waals surface area contributed by atoms with Crippen LogP contribution in [0, 0.1) is 0 Å². The molecule has 1 aliphatic heterocycles. The number of fused-ring (bicyclic) bond motifs is 1. The van der Waals surface area contributed by atoms with Gasteiger partial charge >= 0.3 is 0 Å². The molecule has 0 unspecified atom stereocenters. The Morgan fingerprint density at radius 3 is 2.48 bits per heavy atom. The molecule has 0 fully saturated rings. The lowest BCUT2D eigenvalue weighted by Crippen LogP contribution is -2.36. The predicted molar refractivity (Wildman–Crippen MR) is 84.7 cm³/mol. The van der Waals surface area contributed by atoms with Crippen LogP contribution in [0.1, 0.15) is 25.8 Å². The molecule has 118 valence electrons. The largest absolute Gasteiger partial charge is 0.284 e.